The van der Waals surface area contributed by atoms with E-state index in [1.54, 1.807) is 17.8 Å². The van der Waals surface area contributed by atoms with E-state index in [0.29, 0.717) is 12.2 Å². The molecule has 84 valence electrons. The summed E-state index contributed by atoms with van der Waals surface area (Å²) in [6.07, 6.45) is 0. The maximum atomic E-state index is 10.3. The first-order chi connectivity index (χ1) is 8.36. The van der Waals surface area contributed by atoms with Gasteiger partial charge in [-0.3, -0.25) is 4.79 Å². The van der Waals surface area contributed by atoms with Crippen molar-refractivity contribution in [2.45, 2.75) is 9.79 Å². The molecule has 0 saturated heterocycles. The highest BCUT2D eigenvalue weighted by Gasteiger charge is 2.15. The first kappa shape index (κ1) is 10.2. The number of hydrogen-bond donors (Lipinski definition) is 1. The van der Waals surface area contributed by atoms with E-state index in [1.807, 2.05) is 30.3 Å². The van der Waals surface area contributed by atoms with Crippen LogP contribution in [0.15, 0.2) is 52.3 Å². The van der Waals surface area contributed by atoms with Gasteiger partial charge >= 0.3 is 0 Å². The molecule has 2 aromatic carbocycles. The zero-order valence-corrected chi connectivity index (χ0v) is 9.66. The second-order valence-corrected chi connectivity index (χ2v) is 4.68. The minimum absolute atomic E-state index is 0.441. The van der Waals surface area contributed by atoms with Gasteiger partial charge in [0.25, 0.3) is 6.47 Å². The Labute approximate surface area is 103 Å². The van der Waals surface area contributed by atoms with Gasteiger partial charge in [0.1, 0.15) is 5.75 Å². The highest BCUT2D eigenvalue weighted by molar-refractivity contribution is 7.99. The molecule has 17 heavy (non-hydrogen) atoms. The summed E-state index contributed by atoms with van der Waals surface area (Å²) < 4.78 is 4.84. The normalized spacial score (nSPS) is 12.0. The van der Waals surface area contributed by atoms with Gasteiger partial charge < -0.3 is 10.1 Å². The van der Waals surface area contributed by atoms with Crippen LogP contribution < -0.4 is 10.1 Å². The average molecular weight is 243 g/mol. The summed E-state index contributed by atoms with van der Waals surface area (Å²) in [5.74, 6) is 0.562. The number of carbonyl (C=O) groups excluding carboxylic acids is 1. The van der Waals surface area contributed by atoms with E-state index in [1.165, 1.54) is 4.90 Å². The minimum Gasteiger partial charge on any atom is -0.429 e. The topological polar surface area (TPSA) is 38.3 Å². The van der Waals surface area contributed by atoms with Crippen molar-refractivity contribution in [2.75, 3.05) is 5.32 Å². The van der Waals surface area contributed by atoms with Gasteiger partial charge in [-0.05, 0) is 30.3 Å². The van der Waals surface area contributed by atoms with Crippen molar-refractivity contribution in [1.29, 1.82) is 0 Å². The molecule has 3 nitrogen and oxygen atoms in total. The number of fused-ring (bicyclic) bond motifs is 2. The smallest absolute Gasteiger partial charge is 0.298 e. The first-order valence-corrected chi connectivity index (χ1v) is 5.97. The standard InChI is InChI=1S/C13H9NO2S/c15-8-16-9-5-6-11-13(7-9)17-12-4-2-1-3-10(12)14-11/h1-8,14H. The fourth-order valence-corrected chi connectivity index (χ4v) is 2.76. The van der Waals surface area contributed by atoms with Gasteiger partial charge in [0.05, 0.1) is 11.4 Å². The summed E-state index contributed by atoms with van der Waals surface area (Å²) in [7, 11) is 0. The molecule has 4 heteroatoms. The van der Waals surface area contributed by atoms with Crippen LogP contribution in [0.25, 0.3) is 0 Å². The minimum atomic E-state index is 0.441. The van der Waals surface area contributed by atoms with Gasteiger partial charge in [0.2, 0.25) is 0 Å². The molecule has 0 radical (unpaired) electrons. The van der Waals surface area contributed by atoms with Crippen LogP contribution in [0.3, 0.4) is 0 Å². The summed E-state index contributed by atoms with van der Waals surface area (Å²) in [5.41, 5.74) is 2.14. The Morgan fingerprint density at radius 1 is 1.06 bits per heavy atom. The second kappa shape index (κ2) is 4.14. The van der Waals surface area contributed by atoms with Crippen LogP contribution in [0.1, 0.15) is 0 Å². The SMILES string of the molecule is O=COc1ccc2c(c1)Sc1ccccc1N2. The van der Waals surface area contributed by atoms with Crippen molar-refractivity contribution in [3.05, 3.63) is 42.5 Å². The third kappa shape index (κ3) is 1.87. The molecule has 0 fully saturated rings. The van der Waals surface area contributed by atoms with Gasteiger partial charge in [-0.25, -0.2) is 0 Å². The third-order valence-corrected chi connectivity index (χ3v) is 3.65. The number of benzene rings is 2. The van der Waals surface area contributed by atoms with Gasteiger partial charge in [-0.1, -0.05) is 23.9 Å². The number of para-hydroxylation sites is 1. The number of nitrogens with one attached hydrogen (secondary N) is 1. The fourth-order valence-electron chi connectivity index (χ4n) is 1.74. The average Bonchev–Trinajstić information content (AvgIpc) is 2.36. The molecule has 1 N–H and O–H groups in total. The lowest BCUT2D eigenvalue weighted by molar-refractivity contribution is -0.120. The van der Waals surface area contributed by atoms with E-state index in [4.69, 9.17) is 4.74 Å². The molecule has 0 aromatic heterocycles. The number of anilines is 2. The molecular weight excluding hydrogens is 234 g/mol. The van der Waals surface area contributed by atoms with E-state index in [-0.39, 0.29) is 0 Å². The van der Waals surface area contributed by atoms with Crippen molar-refractivity contribution >= 4 is 29.6 Å². The summed E-state index contributed by atoms with van der Waals surface area (Å²) in [6, 6.07) is 13.7. The fraction of sp³-hybridized carbons (Fsp3) is 0. The quantitative estimate of drug-likeness (QED) is 0.700. The Bertz CT molecular complexity index is 583. The van der Waals surface area contributed by atoms with Crippen LogP contribution in [-0.4, -0.2) is 6.47 Å². The van der Waals surface area contributed by atoms with Crippen molar-refractivity contribution < 1.29 is 9.53 Å². The van der Waals surface area contributed by atoms with Gasteiger partial charge in [-0.15, -0.1) is 0 Å². The molecule has 0 aliphatic carbocycles. The predicted molar refractivity (Wildman–Crippen MR) is 67.0 cm³/mol. The zero-order chi connectivity index (χ0) is 11.7. The lowest BCUT2D eigenvalue weighted by Crippen LogP contribution is -1.99. The molecule has 0 unspecified atom stereocenters. The molecule has 0 amide bonds. The molecule has 0 atom stereocenters. The van der Waals surface area contributed by atoms with Crippen LogP contribution in [0.5, 0.6) is 5.75 Å². The monoisotopic (exact) mass is 243 g/mol. The van der Waals surface area contributed by atoms with Crippen LogP contribution in [-0.2, 0) is 4.79 Å². The molecule has 1 aliphatic heterocycles. The Morgan fingerprint density at radius 2 is 1.88 bits per heavy atom. The van der Waals surface area contributed by atoms with E-state index in [9.17, 15) is 4.79 Å². The number of hydrogen-bond acceptors (Lipinski definition) is 4. The van der Waals surface area contributed by atoms with Crippen LogP contribution in [0.4, 0.5) is 11.4 Å². The molecule has 0 saturated carbocycles. The van der Waals surface area contributed by atoms with Crippen molar-refractivity contribution in [3.8, 4) is 5.75 Å². The van der Waals surface area contributed by atoms with Crippen LogP contribution in [0.2, 0.25) is 0 Å². The zero-order valence-electron chi connectivity index (χ0n) is 8.84. The summed E-state index contributed by atoms with van der Waals surface area (Å²) >= 11 is 1.66. The van der Waals surface area contributed by atoms with Gasteiger partial charge in [0.15, 0.2) is 0 Å². The lowest BCUT2D eigenvalue weighted by atomic mass is 10.2. The van der Waals surface area contributed by atoms with Gasteiger partial charge in [-0.2, -0.15) is 0 Å². The molecule has 0 spiro atoms. The predicted octanol–water partition coefficient (Wildman–Crippen LogP) is 3.43. The maximum absolute atomic E-state index is 10.3. The molecule has 1 aliphatic rings. The second-order valence-electron chi connectivity index (χ2n) is 3.60. The van der Waals surface area contributed by atoms with Crippen molar-refractivity contribution in [3.63, 3.8) is 0 Å². The molecule has 2 aromatic rings. The summed E-state index contributed by atoms with van der Waals surface area (Å²) in [6.45, 7) is 0.441. The van der Waals surface area contributed by atoms with E-state index in [2.05, 4.69) is 11.4 Å². The van der Waals surface area contributed by atoms with Crippen molar-refractivity contribution in [2.24, 2.45) is 0 Å². The molecule has 1 heterocycles. The number of carbonyl (C=O) groups is 1. The van der Waals surface area contributed by atoms with Crippen LogP contribution in [0, 0.1) is 0 Å². The molecule has 0 bridgehead atoms. The Kier molecular flexibility index (Phi) is 2.49. The number of ether oxygens (including phenoxy) is 1. The Morgan fingerprint density at radius 3 is 2.76 bits per heavy atom. The van der Waals surface area contributed by atoms with Crippen molar-refractivity contribution in [1.82, 2.24) is 0 Å². The third-order valence-electron chi connectivity index (χ3n) is 2.51. The molecule has 3 rings (SSSR count). The highest BCUT2D eigenvalue weighted by atomic mass is 32.2. The van der Waals surface area contributed by atoms with E-state index in [0.717, 1.165) is 16.3 Å². The van der Waals surface area contributed by atoms with E-state index >= 15 is 0 Å². The van der Waals surface area contributed by atoms with Crippen LogP contribution >= 0.6 is 11.8 Å². The van der Waals surface area contributed by atoms with E-state index < -0.39 is 0 Å². The summed E-state index contributed by atoms with van der Waals surface area (Å²) in [5, 5.41) is 3.35. The van der Waals surface area contributed by atoms with Gasteiger partial charge in [0, 0.05) is 9.79 Å². The Balaban J connectivity index is 2.00. The summed E-state index contributed by atoms with van der Waals surface area (Å²) in [4.78, 5) is 12.5. The number of rotatable bonds is 2. The first-order valence-electron chi connectivity index (χ1n) is 5.15. The maximum Gasteiger partial charge on any atom is 0.298 e. The molecular formula is C13H9NO2S. The lowest BCUT2D eigenvalue weighted by Gasteiger charge is -2.20. The Hall–Kier alpha value is -1.94. The highest BCUT2D eigenvalue weighted by Crippen LogP contribution is 2.44. The largest absolute Gasteiger partial charge is 0.429 e.